The van der Waals surface area contributed by atoms with E-state index in [0.29, 0.717) is 21.8 Å². The van der Waals surface area contributed by atoms with Crippen LogP contribution in [0, 0.1) is 11.3 Å². The van der Waals surface area contributed by atoms with Gasteiger partial charge in [-0.3, -0.25) is 4.79 Å². The highest BCUT2D eigenvalue weighted by Crippen LogP contribution is 2.28. The molecule has 0 aliphatic rings. The third kappa shape index (κ3) is 4.83. The van der Waals surface area contributed by atoms with Gasteiger partial charge >= 0.3 is 0 Å². The van der Waals surface area contributed by atoms with Gasteiger partial charge in [-0.15, -0.1) is 0 Å². The first-order chi connectivity index (χ1) is 13.8. The number of nitrogens with zero attached hydrogens (tertiary/aromatic N) is 2. The standard InChI is InChI=1S/C22H17ClN2O3S/c1-29(27,28)20-11-8-17(9-12-20)22(26)25(15-16-5-3-2-4-6-16)21-13-19(23)10-7-18(21)14-24/h2-13H,15H2,1H3. The summed E-state index contributed by atoms with van der Waals surface area (Å²) in [4.78, 5) is 14.9. The summed E-state index contributed by atoms with van der Waals surface area (Å²) in [5, 5.41) is 9.91. The van der Waals surface area contributed by atoms with Crippen molar-refractivity contribution in [3.63, 3.8) is 0 Å². The Morgan fingerprint density at radius 3 is 2.28 bits per heavy atom. The minimum atomic E-state index is -3.37. The number of amides is 1. The minimum absolute atomic E-state index is 0.129. The van der Waals surface area contributed by atoms with E-state index >= 15 is 0 Å². The van der Waals surface area contributed by atoms with Gasteiger partial charge in [-0.1, -0.05) is 41.9 Å². The number of carbonyl (C=O) groups is 1. The van der Waals surface area contributed by atoms with Crippen LogP contribution >= 0.6 is 11.6 Å². The van der Waals surface area contributed by atoms with Crippen molar-refractivity contribution in [1.29, 1.82) is 5.26 Å². The highest BCUT2D eigenvalue weighted by Gasteiger charge is 2.22. The molecule has 3 aromatic rings. The molecule has 29 heavy (non-hydrogen) atoms. The average Bonchev–Trinajstić information content (AvgIpc) is 2.72. The summed E-state index contributed by atoms with van der Waals surface area (Å²) in [5.41, 5.74) is 1.88. The molecule has 0 spiro atoms. The number of halogens is 1. The Morgan fingerprint density at radius 1 is 1.03 bits per heavy atom. The van der Waals surface area contributed by atoms with Crippen LogP contribution in [0.5, 0.6) is 0 Å². The van der Waals surface area contributed by atoms with E-state index in [4.69, 9.17) is 11.6 Å². The molecule has 0 saturated carbocycles. The molecule has 0 bridgehead atoms. The molecule has 0 aliphatic carbocycles. The van der Waals surface area contributed by atoms with Crippen LogP contribution < -0.4 is 4.90 Å². The number of sulfone groups is 1. The molecule has 0 aromatic heterocycles. The first-order valence-corrected chi connectivity index (χ1v) is 10.9. The van der Waals surface area contributed by atoms with E-state index in [9.17, 15) is 18.5 Å². The molecule has 0 aliphatic heterocycles. The van der Waals surface area contributed by atoms with Crippen LogP contribution in [-0.4, -0.2) is 20.6 Å². The van der Waals surface area contributed by atoms with Crippen molar-refractivity contribution in [3.8, 4) is 6.07 Å². The smallest absolute Gasteiger partial charge is 0.258 e. The number of hydrogen-bond acceptors (Lipinski definition) is 4. The van der Waals surface area contributed by atoms with Crippen molar-refractivity contribution in [2.75, 3.05) is 11.2 Å². The second kappa shape index (κ2) is 8.48. The fourth-order valence-electron chi connectivity index (χ4n) is 2.86. The van der Waals surface area contributed by atoms with Crippen LogP contribution in [0.2, 0.25) is 5.02 Å². The predicted octanol–water partition coefficient (Wildman–Crippen LogP) is 4.46. The molecule has 0 saturated heterocycles. The molecule has 3 aromatic carbocycles. The van der Waals surface area contributed by atoms with Crippen molar-refractivity contribution in [2.24, 2.45) is 0 Å². The first kappa shape index (κ1) is 20.6. The van der Waals surface area contributed by atoms with Crippen molar-refractivity contribution in [3.05, 3.63) is 94.5 Å². The van der Waals surface area contributed by atoms with E-state index in [-0.39, 0.29) is 17.3 Å². The van der Waals surface area contributed by atoms with Gasteiger partial charge in [0.05, 0.1) is 22.7 Å². The van der Waals surface area contributed by atoms with Gasteiger partial charge in [-0.2, -0.15) is 5.26 Å². The largest absolute Gasteiger partial charge is 0.303 e. The Kier molecular flexibility index (Phi) is 6.02. The minimum Gasteiger partial charge on any atom is -0.303 e. The van der Waals surface area contributed by atoms with E-state index in [2.05, 4.69) is 6.07 Å². The Bertz CT molecular complexity index is 1180. The Labute approximate surface area is 174 Å². The molecule has 0 fully saturated rings. The second-order valence-corrected chi connectivity index (χ2v) is 8.90. The molecule has 0 unspecified atom stereocenters. The van der Waals surface area contributed by atoms with E-state index in [1.807, 2.05) is 30.3 Å². The lowest BCUT2D eigenvalue weighted by atomic mass is 10.1. The number of carbonyl (C=O) groups excluding carboxylic acids is 1. The summed E-state index contributed by atoms with van der Waals surface area (Å²) in [6, 6.07) is 21.9. The average molecular weight is 425 g/mol. The summed E-state index contributed by atoms with van der Waals surface area (Å²) in [5.74, 6) is -0.368. The van der Waals surface area contributed by atoms with Gasteiger partial charge in [0.15, 0.2) is 9.84 Å². The van der Waals surface area contributed by atoms with Crippen molar-refractivity contribution in [1.82, 2.24) is 0 Å². The highest BCUT2D eigenvalue weighted by molar-refractivity contribution is 7.90. The fourth-order valence-corrected chi connectivity index (χ4v) is 3.65. The van der Waals surface area contributed by atoms with Crippen LogP contribution in [0.1, 0.15) is 21.5 Å². The van der Waals surface area contributed by atoms with Crippen LogP contribution in [0.15, 0.2) is 77.7 Å². The second-order valence-electron chi connectivity index (χ2n) is 6.45. The van der Waals surface area contributed by atoms with E-state index in [0.717, 1.165) is 11.8 Å². The predicted molar refractivity (Wildman–Crippen MR) is 113 cm³/mol. The van der Waals surface area contributed by atoms with Gasteiger partial charge in [0.2, 0.25) is 0 Å². The van der Waals surface area contributed by atoms with Crippen molar-refractivity contribution < 1.29 is 13.2 Å². The zero-order valence-corrected chi connectivity index (χ0v) is 17.1. The number of nitriles is 1. The van der Waals surface area contributed by atoms with Crippen LogP contribution in [-0.2, 0) is 16.4 Å². The SMILES string of the molecule is CS(=O)(=O)c1ccc(C(=O)N(Cc2ccccc2)c2cc(Cl)ccc2C#N)cc1. The monoisotopic (exact) mass is 424 g/mol. The van der Waals surface area contributed by atoms with E-state index < -0.39 is 9.84 Å². The van der Waals surface area contributed by atoms with Crippen LogP contribution in [0.25, 0.3) is 0 Å². The Hall–Kier alpha value is -3.14. The maximum absolute atomic E-state index is 13.3. The maximum atomic E-state index is 13.3. The number of rotatable bonds is 5. The molecule has 146 valence electrons. The number of benzene rings is 3. The molecule has 3 rings (SSSR count). The lowest BCUT2D eigenvalue weighted by Gasteiger charge is -2.24. The molecular weight excluding hydrogens is 408 g/mol. The lowest BCUT2D eigenvalue weighted by molar-refractivity contribution is 0.0985. The summed E-state index contributed by atoms with van der Waals surface area (Å²) < 4.78 is 23.4. The molecule has 5 nitrogen and oxygen atoms in total. The van der Waals surface area contributed by atoms with Gasteiger partial charge in [0.1, 0.15) is 6.07 Å². The molecule has 1 amide bonds. The normalized spacial score (nSPS) is 10.9. The Balaban J connectivity index is 2.07. The fraction of sp³-hybridized carbons (Fsp3) is 0.0909. The summed E-state index contributed by atoms with van der Waals surface area (Å²) in [6.45, 7) is 0.225. The van der Waals surface area contributed by atoms with Crippen LogP contribution in [0.4, 0.5) is 5.69 Å². The van der Waals surface area contributed by atoms with E-state index in [1.165, 1.54) is 29.2 Å². The first-order valence-electron chi connectivity index (χ1n) is 8.65. The van der Waals surface area contributed by atoms with Gasteiger partial charge in [-0.25, -0.2) is 8.42 Å². The zero-order valence-electron chi connectivity index (χ0n) is 15.5. The zero-order chi connectivity index (χ0) is 21.0. The topological polar surface area (TPSA) is 78.2 Å². The summed E-state index contributed by atoms with van der Waals surface area (Å²) in [7, 11) is -3.37. The van der Waals surface area contributed by atoms with Gasteiger partial charge in [0, 0.05) is 16.8 Å². The van der Waals surface area contributed by atoms with Crippen molar-refractivity contribution >= 4 is 33.0 Å². The highest BCUT2D eigenvalue weighted by atomic mass is 35.5. The maximum Gasteiger partial charge on any atom is 0.258 e. The van der Waals surface area contributed by atoms with Crippen molar-refractivity contribution in [2.45, 2.75) is 11.4 Å². The van der Waals surface area contributed by atoms with Gasteiger partial charge < -0.3 is 4.90 Å². The quantitative estimate of drug-likeness (QED) is 0.605. The van der Waals surface area contributed by atoms with Crippen LogP contribution in [0.3, 0.4) is 0 Å². The summed E-state index contributed by atoms with van der Waals surface area (Å²) >= 11 is 6.13. The van der Waals surface area contributed by atoms with E-state index in [1.54, 1.807) is 18.2 Å². The third-order valence-electron chi connectivity index (χ3n) is 4.33. The third-order valence-corrected chi connectivity index (χ3v) is 5.69. The number of anilines is 1. The molecule has 0 N–H and O–H groups in total. The number of hydrogen-bond donors (Lipinski definition) is 0. The van der Waals surface area contributed by atoms with Gasteiger partial charge in [-0.05, 0) is 48.0 Å². The molecule has 0 radical (unpaired) electrons. The molecule has 0 atom stereocenters. The molecular formula is C22H17ClN2O3S. The molecule has 7 heteroatoms. The lowest BCUT2D eigenvalue weighted by Crippen LogP contribution is -2.31. The Morgan fingerprint density at radius 2 is 1.69 bits per heavy atom. The molecule has 0 heterocycles. The van der Waals surface area contributed by atoms with Gasteiger partial charge in [0.25, 0.3) is 5.91 Å². The summed E-state index contributed by atoms with van der Waals surface area (Å²) in [6.07, 6.45) is 1.11.